The van der Waals surface area contributed by atoms with Crippen molar-refractivity contribution < 1.29 is 0 Å². The molecule has 0 radical (unpaired) electrons. The highest BCUT2D eigenvalue weighted by Gasteiger charge is 2.05. The molecular formula is C12H28N4. The first-order chi connectivity index (χ1) is 7.86. The van der Waals surface area contributed by atoms with E-state index in [0.717, 1.165) is 0 Å². The lowest BCUT2D eigenvalue weighted by atomic mass is 10.4. The summed E-state index contributed by atoms with van der Waals surface area (Å²) >= 11 is 0. The van der Waals surface area contributed by atoms with Crippen LogP contribution in [0.15, 0.2) is 0 Å². The van der Waals surface area contributed by atoms with Gasteiger partial charge in [0.25, 0.3) is 0 Å². The quantitative estimate of drug-likeness (QED) is 0.687. The van der Waals surface area contributed by atoms with E-state index in [-0.39, 0.29) is 0 Å². The Hall–Kier alpha value is -0.160. The molecule has 2 N–H and O–H groups in total. The lowest BCUT2D eigenvalue weighted by molar-refractivity contribution is 0.253. The molecule has 0 spiro atoms. The van der Waals surface area contributed by atoms with Crippen molar-refractivity contribution in [3.8, 4) is 0 Å². The number of likely N-dealkylation sites (N-methyl/N-ethyl adjacent to an activating group) is 2. The molecule has 0 aromatic heterocycles. The van der Waals surface area contributed by atoms with Crippen LogP contribution >= 0.6 is 0 Å². The Morgan fingerprint density at radius 1 is 0.688 bits per heavy atom. The van der Waals surface area contributed by atoms with E-state index < -0.39 is 0 Å². The summed E-state index contributed by atoms with van der Waals surface area (Å²) in [4.78, 5) is 4.91. The van der Waals surface area contributed by atoms with Crippen LogP contribution in [0.1, 0.15) is 13.8 Å². The van der Waals surface area contributed by atoms with Crippen LogP contribution in [0.3, 0.4) is 0 Å². The Kier molecular flexibility index (Phi) is 7.76. The highest BCUT2D eigenvalue weighted by molar-refractivity contribution is 4.65. The molecule has 0 aromatic rings. The summed E-state index contributed by atoms with van der Waals surface area (Å²) in [6, 6.07) is 0. The third-order valence-corrected chi connectivity index (χ3v) is 3.31. The first-order valence-electron chi connectivity index (χ1n) is 6.73. The summed E-state index contributed by atoms with van der Waals surface area (Å²) in [5.41, 5.74) is 0. The molecule has 2 aliphatic heterocycles. The van der Waals surface area contributed by atoms with Crippen molar-refractivity contribution in [1.29, 1.82) is 0 Å². The molecule has 2 aliphatic rings. The number of hydrogen-bond acceptors (Lipinski definition) is 4. The molecule has 0 aromatic carbocycles. The molecule has 0 atom stereocenters. The van der Waals surface area contributed by atoms with Crippen LogP contribution in [0.4, 0.5) is 0 Å². The molecule has 0 amide bonds. The van der Waals surface area contributed by atoms with Crippen LogP contribution in [0.25, 0.3) is 0 Å². The van der Waals surface area contributed by atoms with Crippen molar-refractivity contribution in [3.63, 3.8) is 0 Å². The van der Waals surface area contributed by atoms with E-state index in [1.807, 2.05) is 0 Å². The Morgan fingerprint density at radius 2 is 1.00 bits per heavy atom. The van der Waals surface area contributed by atoms with Gasteiger partial charge in [0.1, 0.15) is 0 Å². The molecule has 2 rings (SSSR count). The Labute approximate surface area is 100 Å². The van der Waals surface area contributed by atoms with E-state index in [2.05, 4.69) is 34.3 Å². The maximum atomic E-state index is 3.31. The van der Waals surface area contributed by atoms with Crippen LogP contribution < -0.4 is 10.6 Å². The zero-order valence-corrected chi connectivity index (χ0v) is 11.0. The average Bonchev–Trinajstić information content (AvgIpc) is 2.41. The van der Waals surface area contributed by atoms with Crippen LogP contribution in [-0.4, -0.2) is 75.2 Å². The molecule has 4 heteroatoms. The second kappa shape index (κ2) is 8.93. The molecule has 2 fully saturated rings. The summed E-state index contributed by atoms with van der Waals surface area (Å²) < 4.78 is 0. The van der Waals surface area contributed by atoms with Crippen molar-refractivity contribution >= 4 is 0 Å². The normalized spacial score (nSPS) is 23.6. The van der Waals surface area contributed by atoms with Gasteiger partial charge >= 0.3 is 0 Å². The minimum atomic E-state index is 1.17. The van der Waals surface area contributed by atoms with Gasteiger partial charge in [0, 0.05) is 52.4 Å². The van der Waals surface area contributed by atoms with Crippen molar-refractivity contribution in [2.75, 3.05) is 65.4 Å². The average molecular weight is 228 g/mol. The van der Waals surface area contributed by atoms with E-state index >= 15 is 0 Å². The molecule has 4 nitrogen and oxygen atoms in total. The van der Waals surface area contributed by atoms with Crippen molar-refractivity contribution in [3.05, 3.63) is 0 Å². The molecule has 0 unspecified atom stereocenters. The number of nitrogens with one attached hydrogen (secondary N) is 2. The van der Waals surface area contributed by atoms with Crippen molar-refractivity contribution in [2.45, 2.75) is 13.8 Å². The first kappa shape index (κ1) is 13.9. The van der Waals surface area contributed by atoms with E-state index in [9.17, 15) is 0 Å². The van der Waals surface area contributed by atoms with E-state index in [1.165, 1.54) is 65.4 Å². The van der Waals surface area contributed by atoms with Gasteiger partial charge in [0.2, 0.25) is 0 Å². The number of hydrogen-bond donors (Lipinski definition) is 2. The van der Waals surface area contributed by atoms with Gasteiger partial charge in [0.05, 0.1) is 0 Å². The van der Waals surface area contributed by atoms with Gasteiger partial charge in [-0.05, 0) is 13.1 Å². The van der Waals surface area contributed by atoms with Gasteiger partial charge in [0.15, 0.2) is 0 Å². The maximum absolute atomic E-state index is 3.31. The lowest BCUT2D eigenvalue weighted by Gasteiger charge is -2.25. The van der Waals surface area contributed by atoms with Crippen LogP contribution in [-0.2, 0) is 0 Å². The Morgan fingerprint density at radius 3 is 1.19 bits per heavy atom. The predicted molar refractivity (Wildman–Crippen MR) is 70.0 cm³/mol. The minimum absolute atomic E-state index is 1.17. The van der Waals surface area contributed by atoms with Gasteiger partial charge in [-0.2, -0.15) is 0 Å². The zero-order chi connectivity index (χ0) is 11.6. The molecule has 2 saturated heterocycles. The highest BCUT2D eigenvalue weighted by Crippen LogP contribution is 1.89. The molecule has 0 saturated carbocycles. The zero-order valence-electron chi connectivity index (χ0n) is 11.0. The fraction of sp³-hybridized carbons (Fsp3) is 1.00. The topological polar surface area (TPSA) is 30.5 Å². The standard InChI is InChI=1S/2C6H14N2/c2*1-2-8-5-3-7-4-6-8/h2*7H,2-6H2,1H3. The summed E-state index contributed by atoms with van der Waals surface area (Å²) in [6.07, 6.45) is 0. The smallest absolute Gasteiger partial charge is 0.0107 e. The fourth-order valence-electron chi connectivity index (χ4n) is 2.05. The summed E-state index contributed by atoms with van der Waals surface area (Å²) in [5, 5.41) is 6.61. The minimum Gasteiger partial charge on any atom is -0.314 e. The van der Waals surface area contributed by atoms with Crippen LogP contribution in [0.5, 0.6) is 0 Å². The fourth-order valence-corrected chi connectivity index (χ4v) is 2.05. The SMILES string of the molecule is CCN1CCNCC1.CCN1CCNCC1. The summed E-state index contributed by atoms with van der Waals surface area (Å²) in [7, 11) is 0. The summed E-state index contributed by atoms with van der Waals surface area (Å²) in [6.45, 7) is 16.5. The third kappa shape index (κ3) is 5.80. The monoisotopic (exact) mass is 228 g/mol. The Balaban J connectivity index is 0.000000160. The molecular weight excluding hydrogens is 200 g/mol. The molecule has 96 valence electrons. The predicted octanol–water partition coefficient (Wildman–Crippen LogP) is -0.177. The van der Waals surface area contributed by atoms with Crippen LogP contribution in [0, 0.1) is 0 Å². The molecule has 0 bridgehead atoms. The van der Waals surface area contributed by atoms with Gasteiger partial charge in [-0.25, -0.2) is 0 Å². The first-order valence-corrected chi connectivity index (χ1v) is 6.73. The summed E-state index contributed by atoms with van der Waals surface area (Å²) in [5.74, 6) is 0. The largest absolute Gasteiger partial charge is 0.314 e. The van der Waals surface area contributed by atoms with Gasteiger partial charge in [-0.3, -0.25) is 0 Å². The maximum Gasteiger partial charge on any atom is 0.0107 e. The number of nitrogens with zero attached hydrogens (tertiary/aromatic N) is 2. The van der Waals surface area contributed by atoms with E-state index in [4.69, 9.17) is 0 Å². The Bertz CT molecular complexity index is 133. The van der Waals surface area contributed by atoms with Crippen molar-refractivity contribution in [1.82, 2.24) is 20.4 Å². The molecule has 16 heavy (non-hydrogen) atoms. The van der Waals surface area contributed by atoms with Crippen LogP contribution in [0.2, 0.25) is 0 Å². The lowest BCUT2D eigenvalue weighted by Crippen LogP contribution is -2.43. The molecule has 2 heterocycles. The molecule has 0 aliphatic carbocycles. The number of piperazine rings is 2. The van der Waals surface area contributed by atoms with Crippen molar-refractivity contribution in [2.24, 2.45) is 0 Å². The third-order valence-electron chi connectivity index (χ3n) is 3.31. The van der Waals surface area contributed by atoms with Gasteiger partial charge < -0.3 is 20.4 Å². The second-order valence-corrected chi connectivity index (χ2v) is 4.37. The van der Waals surface area contributed by atoms with Gasteiger partial charge in [-0.1, -0.05) is 13.8 Å². The van der Waals surface area contributed by atoms with Gasteiger partial charge in [-0.15, -0.1) is 0 Å². The highest BCUT2D eigenvalue weighted by atomic mass is 15.2. The second-order valence-electron chi connectivity index (χ2n) is 4.37. The van der Waals surface area contributed by atoms with E-state index in [0.29, 0.717) is 0 Å². The number of rotatable bonds is 2. The van der Waals surface area contributed by atoms with E-state index in [1.54, 1.807) is 0 Å².